The van der Waals surface area contributed by atoms with Crippen molar-refractivity contribution in [2.24, 2.45) is 5.73 Å². The van der Waals surface area contributed by atoms with E-state index in [0.29, 0.717) is 18.3 Å². The highest BCUT2D eigenvalue weighted by Crippen LogP contribution is 2.25. The summed E-state index contributed by atoms with van der Waals surface area (Å²) < 4.78 is 14.0. The minimum atomic E-state index is -0.175. The number of hydrogen-bond acceptors (Lipinski definition) is 3. The Bertz CT molecular complexity index is 422. The van der Waals surface area contributed by atoms with Gasteiger partial charge in [-0.3, -0.25) is 4.90 Å². The number of hydrogen-bond donors (Lipinski definition) is 1. The molecule has 1 atom stereocenters. The van der Waals surface area contributed by atoms with Gasteiger partial charge in [0, 0.05) is 26.2 Å². The Balaban J connectivity index is 2.13. The van der Waals surface area contributed by atoms with Crippen molar-refractivity contribution in [3.63, 3.8) is 0 Å². The number of nitrogens with two attached hydrogens (primary N) is 1. The van der Waals surface area contributed by atoms with Crippen LogP contribution < -0.4 is 10.6 Å². The number of para-hydroxylation sites is 1. The van der Waals surface area contributed by atoms with Gasteiger partial charge in [0.2, 0.25) is 0 Å². The fraction of sp³-hybridized carbons (Fsp3) is 0.600. The van der Waals surface area contributed by atoms with Gasteiger partial charge in [0.05, 0.1) is 5.69 Å². The third kappa shape index (κ3) is 3.07. The average molecular weight is 265 g/mol. The Morgan fingerprint density at radius 2 is 2.26 bits per heavy atom. The SMILES string of the molecule is CCN1CCCC1CN(C)c1c(F)cccc1CN. The van der Waals surface area contributed by atoms with Crippen LogP contribution in [0.5, 0.6) is 0 Å². The Morgan fingerprint density at radius 3 is 2.95 bits per heavy atom. The van der Waals surface area contributed by atoms with E-state index in [1.54, 1.807) is 6.07 Å². The van der Waals surface area contributed by atoms with Crippen LogP contribution in [-0.2, 0) is 6.54 Å². The van der Waals surface area contributed by atoms with Gasteiger partial charge in [0.25, 0.3) is 0 Å². The first-order valence-electron chi connectivity index (χ1n) is 7.10. The van der Waals surface area contributed by atoms with Crippen molar-refractivity contribution in [2.45, 2.75) is 32.4 Å². The molecule has 1 unspecified atom stereocenters. The van der Waals surface area contributed by atoms with Crippen molar-refractivity contribution in [3.05, 3.63) is 29.6 Å². The first-order chi connectivity index (χ1) is 9.17. The van der Waals surface area contributed by atoms with Gasteiger partial charge in [-0.05, 0) is 37.6 Å². The van der Waals surface area contributed by atoms with Gasteiger partial charge in [0.1, 0.15) is 5.82 Å². The zero-order chi connectivity index (χ0) is 13.8. The van der Waals surface area contributed by atoms with Crippen LogP contribution in [0.1, 0.15) is 25.3 Å². The molecule has 1 heterocycles. The molecule has 0 aromatic heterocycles. The molecule has 1 saturated heterocycles. The van der Waals surface area contributed by atoms with E-state index in [1.165, 1.54) is 18.9 Å². The first kappa shape index (κ1) is 14.3. The van der Waals surface area contributed by atoms with E-state index in [9.17, 15) is 4.39 Å². The minimum Gasteiger partial charge on any atom is -0.370 e. The fourth-order valence-corrected chi connectivity index (χ4v) is 3.08. The van der Waals surface area contributed by atoms with Gasteiger partial charge < -0.3 is 10.6 Å². The van der Waals surface area contributed by atoms with Gasteiger partial charge >= 0.3 is 0 Å². The number of rotatable bonds is 5. The molecule has 1 aliphatic rings. The number of likely N-dealkylation sites (tertiary alicyclic amines) is 1. The minimum absolute atomic E-state index is 0.175. The Hall–Kier alpha value is -1.13. The molecule has 3 nitrogen and oxygen atoms in total. The number of benzene rings is 1. The van der Waals surface area contributed by atoms with Crippen LogP contribution in [0.4, 0.5) is 10.1 Å². The lowest BCUT2D eigenvalue weighted by Gasteiger charge is -2.30. The summed E-state index contributed by atoms with van der Waals surface area (Å²) in [5.41, 5.74) is 7.25. The van der Waals surface area contributed by atoms with Gasteiger partial charge in [-0.1, -0.05) is 19.1 Å². The molecule has 0 amide bonds. The summed E-state index contributed by atoms with van der Waals surface area (Å²) in [6.07, 6.45) is 2.44. The maximum Gasteiger partial charge on any atom is 0.146 e. The standard InChI is InChI=1S/C15H24FN3/c1-3-19-9-5-7-13(19)11-18(2)15-12(10-17)6-4-8-14(15)16/h4,6,8,13H,3,5,7,9-11,17H2,1-2H3. The zero-order valence-corrected chi connectivity index (χ0v) is 11.9. The molecular weight excluding hydrogens is 241 g/mol. The Labute approximate surface area is 115 Å². The molecule has 19 heavy (non-hydrogen) atoms. The summed E-state index contributed by atoms with van der Waals surface area (Å²) in [7, 11) is 1.96. The molecule has 1 aliphatic heterocycles. The molecule has 1 aromatic carbocycles. The number of anilines is 1. The van der Waals surface area contributed by atoms with Crippen LogP contribution in [0, 0.1) is 5.82 Å². The van der Waals surface area contributed by atoms with Crippen LogP contribution in [-0.4, -0.2) is 37.6 Å². The van der Waals surface area contributed by atoms with E-state index in [4.69, 9.17) is 5.73 Å². The molecule has 0 spiro atoms. The first-order valence-corrected chi connectivity index (χ1v) is 7.10. The maximum atomic E-state index is 14.0. The van der Waals surface area contributed by atoms with Crippen LogP contribution in [0.25, 0.3) is 0 Å². The van der Waals surface area contributed by atoms with Crippen molar-refractivity contribution in [1.29, 1.82) is 0 Å². The summed E-state index contributed by atoms with van der Waals surface area (Å²) in [4.78, 5) is 4.50. The van der Waals surface area contributed by atoms with Gasteiger partial charge in [-0.15, -0.1) is 0 Å². The van der Waals surface area contributed by atoms with Crippen molar-refractivity contribution in [2.75, 3.05) is 31.6 Å². The normalized spacial score (nSPS) is 19.9. The smallest absolute Gasteiger partial charge is 0.146 e. The molecule has 0 bridgehead atoms. The molecule has 0 saturated carbocycles. The second-order valence-corrected chi connectivity index (χ2v) is 5.26. The molecule has 4 heteroatoms. The van der Waals surface area contributed by atoms with E-state index in [-0.39, 0.29) is 5.82 Å². The zero-order valence-electron chi connectivity index (χ0n) is 11.9. The highest BCUT2D eigenvalue weighted by atomic mass is 19.1. The van der Waals surface area contributed by atoms with Crippen LogP contribution in [0.2, 0.25) is 0 Å². The number of likely N-dealkylation sites (N-methyl/N-ethyl adjacent to an activating group) is 2. The Kier molecular flexibility index (Phi) is 4.77. The van der Waals surface area contributed by atoms with Gasteiger partial charge in [0.15, 0.2) is 0 Å². The summed E-state index contributed by atoms with van der Waals surface area (Å²) in [5, 5.41) is 0. The molecule has 2 N–H and O–H groups in total. The maximum absolute atomic E-state index is 14.0. The fourth-order valence-electron chi connectivity index (χ4n) is 3.08. The summed E-state index contributed by atoms with van der Waals surface area (Å²) in [5.74, 6) is -0.175. The highest BCUT2D eigenvalue weighted by molar-refractivity contribution is 5.54. The molecule has 0 aliphatic carbocycles. The molecule has 0 radical (unpaired) electrons. The molecule has 106 valence electrons. The summed E-state index contributed by atoms with van der Waals surface area (Å²) in [6.45, 7) is 5.66. The van der Waals surface area contributed by atoms with E-state index >= 15 is 0 Å². The summed E-state index contributed by atoms with van der Waals surface area (Å²) >= 11 is 0. The van der Waals surface area contributed by atoms with Crippen molar-refractivity contribution in [3.8, 4) is 0 Å². The predicted molar refractivity (Wildman–Crippen MR) is 77.8 cm³/mol. The van der Waals surface area contributed by atoms with E-state index in [0.717, 1.165) is 25.2 Å². The van der Waals surface area contributed by atoms with Crippen molar-refractivity contribution >= 4 is 5.69 Å². The third-order valence-electron chi connectivity index (χ3n) is 4.06. The van der Waals surface area contributed by atoms with Crippen molar-refractivity contribution < 1.29 is 4.39 Å². The lowest BCUT2D eigenvalue weighted by atomic mass is 10.1. The highest BCUT2D eigenvalue weighted by Gasteiger charge is 2.25. The molecule has 1 fully saturated rings. The van der Waals surface area contributed by atoms with Crippen molar-refractivity contribution in [1.82, 2.24) is 4.90 Å². The summed E-state index contributed by atoms with van der Waals surface area (Å²) in [6, 6.07) is 5.67. The topological polar surface area (TPSA) is 32.5 Å². The molecule has 2 rings (SSSR count). The second-order valence-electron chi connectivity index (χ2n) is 5.26. The van der Waals surface area contributed by atoms with Gasteiger partial charge in [-0.25, -0.2) is 4.39 Å². The molecular formula is C15H24FN3. The van der Waals surface area contributed by atoms with E-state index in [2.05, 4.69) is 11.8 Å². The average Bonchev–Trinajstić information content (AvgIpc) is 2.85. The number of nitrogens with zero attached hydrogens (tertiary/aromatic N) is 2. The lowest BCUT2D eigenvalue weighted by Crippen LogP contribution is -2.39. The number of halogens is 1. The van der Waals surface area contributed by atoms with Crippen LogP contribution in [0.3, 0.4) is 0 Å². The lowest BCUT2D eigenvalue weighted by molar-refractivity contribution is 0.270. The van der Waals surface area contributed by atoms with E-state index in [1.807, 2.05) is 18.0 Å². The third-order valence-corrected chi connectivity index (χ3v) is 4.06. The van der Waals surface area contributed by atoms with E-state index < -0.39 is 0 Å². The second kappa shape index (κ2) is 6.35. The largest absolute Gasteiger partial charge is 0.370 e. The Morgan fingerprint density at radius 1 is 1.47 bits per heavy atom. The predicted octanol–water partition coefficient (Wildman–Crippen LogP) is 2.20. The quantitative estimate of drug-likeness (QED) is 0.886. The monoisotopic (exact) mass is 265 g/mol. The van der Waals surface area contributed by atoms with Crippen LogP contribution >= 0.6 is 0 Å². The molecule has 1 aromatic rings. The van der Waals surface area contributed by atoms with Crippen LogP contribution in [0.15, 0.2) is 18.2 Å². The van der Waals surface area contributed by atoms with Gasteiger partial charge in [-0.2, -0.15) is 0 Å².